The Hall–Kier alpha value is -1.33. The van der Waals surface area contributed by atoms with Gasteiger partial charge in [-0.25, -0.2) is 4.98 Å². The normalized spacial score (nSPS) is 18.4. The number of esters is 1. The van der Waals surface area contributed by atoms with E-state index in [2.05, 4.69) is 4.98 Å². The van der Waals surface area contributed by atoms with E-state index in [0.717, 1.165) is 19.3 Å². The summed E-state index contributed by atoms with van der Waals surface area (Å²) < 4.78 is 4.70. The fraction of sp³-hybridized carbons (Fsp3) is 0.500. The highest BCUT2D eigenvalue weighted by Gasteiger charge is 2.29. The van der Waals surface area contributed by atoms with Gasteiger partial charge in [0.15, 0.2) is 0 Å². The Morgan fingerprint density at radius 2 is 2.00 bits per heavy atom. The molecule has 0 spiro atoms. The summed E-state index contributed by atoms with van der Waals surface area (Å²) in [7, 11) is 1.35. The highest BCUT2D eigenvalue weighted by Crippen LogP contribution is 2.24. The van der Waals surface area contributed by atoms with E-state index in [1.807, 2.05) is 0 Å². The zero-order chi connectivity index (χ0) is 15.4. The number of aromatic nitrogens is 1. The summed E-state index contributed by atoms with van der Waals surface area (Å²) in [5.74, 6) is -0.500. The number of amides is 1. The molecule has 1 fully saturated rings. The van der Waals surface area contributed by atoms with Crippen molar-refractivity contribution >= 4 is 35.1 Å². The standard InChI is InChI=1S/C14H16Cl2N2O3/c1-21-13(19)8-10-4-2-3-5-18(10)14(20)9-6-11(15)17-12(16)7-9/h6-7,10H,2-5,8H2,1H3. The van der Waals surface area contributed by atoms with Crippen LogP contribution in [-0.2, 0) is 9.53 Å². The Balaban J connectivity index is 2.19. The quantitative estimate of drug-likeness (QED) is 0.631. The molecule has 1 aliphatic heterocycles. The van der Waals surface area contributed by atoms with Crippen LogP contribution in [0, 0.1) is 0 Å². The molecule has 0 saturated carbocycles. The first kappa shape index (κ1) is 16.0. The molecule has 7 heteroatoms. The van der Waals surface area contributed by atoms with Crippen LogP contribution in [0.5, 0.6) is 0 Å². The monoisotopic (exact) mass is 330 g/mol. The predicted molar refractivity (Wildman–Crippen MR) is 79.6 cm³/mol. The number of carbonyl (C=O) groups is 2. The summed E-state index contributed by atoms with van der Waals surface area (Å²) >= 11 is 11.7. The van der Waals surface area contributed by atoms with Gasteiger partial charge < -0.3 is 9.64 Å². The minimum absolute atomic E-state index is 0.149. The minimum Gasteiger partial charge on any atom is -0.469 e. The van der Waals surface area contributed by atoms with Gasteiger partial charge in [0, 0.05) is 18.2 Å². The summed E-state index contributed by atoms with van der Waals surface area (Å²) in [5, 5.41) is 0.347. The van der Waals surface area contributed by atoms with Crippen molar-refractivity contribution in [2.24, 2.45) is 0 Å². The maximum Gasteiger partial charge on any atom is 0.307 e. The zero-order valence-corrected chi connectivity index (χ0v) is 13.2. The molecule has 114 valence electrons. The first-order valence-corrected chi connectivity index (χ1v) is 7.47. The number of rotatable bonds is 3. The number of pyridine rings is 1. The Bertz CT molecular complexity index is 531. The van der Waals surface area contributed by atoms with Crippen LogP contribution in [-0.4, -0.2) is 41.5 Å². The van der Waals surface area contributed by atoms with E-state index in [4.69, 9.17) is 27.9 Å². The van der Waals surface area contributed by atoms with E-state index >= 15 is 0 Å². The highest BCUT2D eigenvalue weighted by molar-refractivity contribution is 6.33. The van der Waals surface area contributed by atoms with Crippen LogP contribution in [0.15, 0.2) is 12.1 Å². The molecule has 1 amide bonds. The van der Waals surface area contributed by atoms with Crippen molar-refractivity contribution in [3.05, 3.63) is 28.0 Å². The van der Waals surface area contributed by atoms with Crippen molar-refractivity contribution in [1.82, 2.24) is 9.88 Å². The Kier molecular flexibility index (Phi) is 5.42. The smallest absolute Gasteiger partial charge is 0.307 e. The molecular formula is C14H16Cl2N2O3. The molecule has 1 aliphatic rings. The number of ether oxygens (including phenoxy) is 1. The van der Waals surface area contributed by atoms with E-state index < -0.39 is 0 Å². The second-order valence-corrected chi connectivity index (χ2v) is 5.70. The van der Waals surface area contributed by atoms with Gasteiger partial charge in [0.1, 0.15) is 10.3 Å². The summed E-state index contributed by atoms with van der Waals surface area (Å²) in [6.07, 6.45) is 2.89. The van der Waals surface area contributed by atoms with Crippen LogP contribution >= 0.6 is 23.2 Å². The Morgan fingerprint density at radius 3 is 2.62 bits per heavy atom. The van der Waals surface area contributed by atoms with Gasteiger partial charge in [-0.15, -0.1) is 0 Å². The lowest BCUT2D eigenvalue weighted by Crippen LogP contribution is -2.44. The van der Waals surface area contributed by atoms with Gasteiger partial charge in [-0.3, -0.25) is 9.59 Å². The molecule has 1 atom stereocenters. The molecule has 0 bridgehead atoms. The van der Waals surface area contributed by atoms with Crippen LogP contribution in [0.1, 0.15) is 36.0 Å². The fourth-order valence-electron chi connectivity index (χ4n) is 2.51. The first-order chi connectivity index (χ1) is 10.0. The maximum absolute atomic E-state index is 12.6. The molecular weight excluding hydrogens is 315 g/mol. The number of likely N-dealkylation sites (tertiary alicyclic amines) is 1. The van der Waals surface area contributed by atoms with Crippen molar-refractivity contribution in [3.8, 4) is 0 Å². The number of halogens is 2. The summed E-state index contributed by atoms with van der Waals surface area (Å²) in [5.41, 5.74) is 0.386. The summed E-state index contributed by atoms with van der Waals surface area (Å²) in [6.45, 7) is 0.609. The molecule has 21 heavy (non-hydrogen) atoms. The van der Waals surface area contributed by atoms with Crippen LogP contribution in [0.4, 0.5) is 0 Å². The number of carbonyl (C=O) groups excluding carboxylic acids is 2. The largest absolute Gasteiger partial charge is 0.469 e. The van der Waals surface area contributed by atoms with Crippen molar-refractivity contribution in [3.63, 3.8) is 0 Å². The Morgan fingerprint density at radius 1 is 1.33 bits per heavy atom. The predicted octanol–water partition coefficient (Wildman–Crippen LogP) is 2.95. The lowest BCUT2D eigenvalue weighted by Gasteiger charge is -2.35. The second-order valence-electron chi connectivity index (χ2n) is 4.93. The molecule has 1 aromatic heterocycles. The molecule has 2 heterocycles. The van der Waals surface area contributed by atoms with E-state index in [-0.39, 0.29) is 34.6 Å². The third kappa shape index (κ3) is 4.08. The van der Waals surface area contributed by atoms with Gasteiger partial charge in [-0.05, 0) is 31.4 Å². The summed E-state index contributed by atoms with van der Waals surface area (Å²) in [6, 6.07) is 2.82. The molecule has 0 aliphatic carbocycles. The van der Waals surface area contributed by atoms with Gasteiger partial charge in [-0.1, -0.05) is 23.2 Å². The second kappa shape index (κ2) is 7.09. The molecule has 1 unspecified atom stereocenters. The molecule has 0 radical (unpaired) electrons. The van der Waals surface area contributed by atoms with Crippen LogP contribution in [0.25, 0.3) is 0 Å². The SMILES string of the molecule is COC(=O)CC1CCCCN1C(=O)c1cc(Cl)nc(Cl)c1. The maximum atomic E-state index is 12.6. The number of piperidine rings is 1. The number of hydrogen-bond acceptors (Lipinski definition) is 4. The van der Waals surface area contributed by atoms with E-state index in [1.165, 1.54) is 19.2 Å². The van der Waals surface area contributed by atoms with Gasteiger partial charge in [0.25, 0.3) is 5.91 Å². The molecule has 0 N–H and O–H groups in total. The van der Waals surface area contributed by atoms with Crippen molar-refractivity contribution in [1.29, 1.82) is 0 Å². The fourth-order valence-corrected chi connectivity index (χ4v) is 2.97. The zero-order valence-electron chi connectivity index (χ0n) is 11.6. The van der Waals surface area contributed by atoms with Gasteiger partial charge in [-0.2, -0.15) is 0 Å². The average Bonchev–Trinajstić information content (AvgIpc) is 2.46. The molecule has 0 aromatic carbocycles. The molecule has 5 nitrogen and oxygen atoms in total. The lowest BCUT2D eigenvalue weighted by atomic mass is 9.98. The van der Waals surface area contributed by atoms with Crippen molar-refractivity contribution < 1.29 is 14.3 Å². The van der Waals surface area contributed by atoms with Gasteiger partial charge in [0.2, 0.25) is 0 Å². The van der Waals surface area contributed by atoms with E-state index in [0.29, 0.717) is 12.1 Å². The Labute approximate surface area is 133 Å². The van der Waals surface area contributed by atoms with Crippen LogP contribution in [0.2, 0.25) is 10.3 Å². The number of methoxy groups -OCH3 is 1. The third-order valence-corrected chi connectivity index (χ3v) is 3.91. The third-order valence-electron chi connectivity index (χ3n) is 3.53. The highest BCUT2D eigenvalue weighted by atomic mass is 35.5. The average molecular weight is 331 g/mol. The van der Waals surface area contributed by atoms with Crippen LogP contribution < -0.4 is 0 Å². The number of nitrogens with zero attached hydrogens (tertiary/aromatic N) is 2. The van der Waals surface area contributed by atoms with E-state index in [1.54, 1.807) is 4.90 Å². The minimum atomic E-state index is -0.314. The first-order valence-electron chi connectivity index (χ1n) is 6.72. The lowest BCUT2D eigenvalue weighted by molar-refractivity contribution is -0.142. The number of hydrogen-bond donors (Lipinski definition) is 0. The van der Waals surface area contributed by atoms with Crippen molar-refractivity contribution in [2.75, 3.05) is 13.7 Å². The molecule has 2 rings (SSSR count). The summed E-state index contributed by atoms with van der Waals surface area (Å²) in [4.78, 5) is 29.6. The van der Waals surface area contributed by atoms with Crippen molar-refractivity contribution in [2.45, 2.75) is 31.7 Å². The molecule has 1 aromatic rings. The topological polar surface area (TPSA) is 59.5 Å². The van der Waals surface area contributed by atoms with E-state index in [9.17, 15) is 9.59 Å². The van der Waals surface area contributed by atoms with Gasteiger partial charge >= 0.3 is 5.97 Å². The van der Waals surface area contributed by atoms with Crippen LogP contribution in [0.3, 0.4) is 0 Å². The molecule has 1 saturated heterocycles. The van der Waals surface area contributed by atoms with Gasteiger partial charge in [0.05, 0.1) is 13.5 Å².